The van der Waals surface area contributed by atoms with Crippen LogP contribution in [0.2, 0.25) is 0 Å². The minimum absolute atomic E-state index is 0.191. The lowest BCUT2D eigenvalue weighted by Crippen LogP contribution is -2.33. The molecule has 0 saturated carbocycles. The summed E-state index contributed by atoms with van der Waals surface area (Å²) in [5.74, 6) is 0. The average Bonchev–Trinajstić information content (AvgIpc) is 2.48. The zero-order chi connectivity index (χ0) is 15.3. The molecule has 1 atom stereocenters. The highest BCUT2D eigenvalue weighted by Gasteiger charge is 2.22. The van der Waals surface area contributed by atoms with Crippen LogP contribution in [0.4, 0.5) is 0 Å². The normalized spacial score (nSPS) is 13.1. The number of hydrogen-bond acceptors (Lipinski definition) is 1. The monoisotopic (exact) mass is 281 g/mol. The van der Waals surface area contributed by atoms with Gasteiger partial charge in [0.25, 0.3) is 0 Å². The predicted octanol–water partition coefficient (Wildman–Crippen LogP) is 5.02. The summed E-state index contributed by atoms with van der Waals surface area (Å²) in [6, 6.07) is 20.1. The van der Waals surface area contributed by atoms with Gasteiger partial charge in [0.1, 0.15) is 0 Å². The SMILES string of the molecule is CCNC(C)CC(C)(C)c1ccc(-c2ccccc2)cc1. The van der Waals surface area contributed by atoms with Crippen molar-refractivity contribution in [1.29, 1.82) is 0 Å². The quantitative estimate of drug-likeness (QED) is 0.784. The van der Waals surface area contributed by atoms with Crippen LogP contribution < -0.4 is 5.32 Å². The van der Waals surface area contributed by atoms with Crippen LogP contribution in [-0.2, 0) is 5.41 Å². The van der Waals surface area contributed by atoms with E-state index in [2.05, 4.69) is 87.6 Å². The van der Waals surface area contributed by atoms with Gasteiger partial charge in [0.05, 0.1) is 0 Å². The van der Waals surface area contributed by atoms with Crippen molar-refractivity contribution in [2.45, 2.75) is 45.6 Å². The van der Waals surface area contributed by atoms with E-state index >= 15 is 0 Å². The van der Waals surface area contributed by atoms with E-state index in [1.165, 1.54) is 16.7 Å². The van der Waals surface area contributed by atoms with Crippen LogP contribution in [-0.4, -0.2) is 12.6 Å². The molecule has 0 radical (unpaired) electrons. The Labute approximate surface area is 129 Å². The van der Waals surface area contributed by atoms with Crippen molar-refractivity contribution >= 4 is 0 Å². The molecular formula is C20H27N. The molecule has 2 rings (SSSR count). The summed E-state index contributed by atoms with van der Waals surface area (Å²) < 4.78 is 0. The third kappa shape index (κ3) is 4.18. The van der Waals surface area contributed by atoms with Crippen LogP contribution in [0.1, 0.15) is 39.7 Å². The van der Waals surface area contributed by atoms with Crippen molar-refractivity contribution < 1.29 is 0 Å². The first-order chi connectivity index (χ1) is 10.0. The first-order valence-corrected chi connectivity index (χ1v) is 7.92. The maximum absolute atomic E-state index is 3.51. The minimum atomic E-state index is 0.191. The molecule has 0 saturated heterocycles. The number of rotatable bonds is 6. The molecule has 0 spiro atoms. The number of hydrogen-bond donors (Lipinski definition) is 1. The molecule has 0 bridgehead atoms. The highest BCUT2D eigenvalue weighted by Crippen LogP contribution is 2.30. The summed E-state index contributed by atoms with van der Waals surface area (Å²) in [6.45, 7) is 10.1. The van der Waals surface area contributed by atoms with Crippen LogP contribution in [0.25, 0.3) is 11.1 Å². The summed E-state index contributed by atoms with van der Waals surface area (Å²) >= 11 is 0. The largest absolute Gasteiger partial charge is 0.315 e. The molecule has 1 nitrogen and oxygen atoms in total. The fourth-order valence-corrected chi connectivity index (χ4v) is 3.05. The predicted molar refractivity (Wildman–Crippen MR) is 92.7 cm³/mol. The van der Waals surface area contributed by atoms with E-state index < -0.39 is 0 Å². The van der Waals surface area contributed by atoms with E-state index in [1.54, 1.807) is 0 Å². The van der Waals surface area contributed by atoms with E-state index in [1.807, 2.05) is 0 Å². The second kappa shape index (κ2) is 6.91. The Morgan fingerprint density at radius 1 is 0.905 bits per heavy atom. The van der Waals surface area contributed by atoms with Crippen molar-refractivity contribution in [2.24, 2.45) is 0 Å². The zero-order valence-corrected chi connectivity index (χ0v) is 13.7. The van der Waals surface area contributed by atoms with E-state index in [0.29, 0.717) is 6.04 Å². The van der Waals surface area contributed by atoms with Gasteiger partial charge in [0.15, 0.2) is 0 Å². The zero-order valence-electron chi connectivity index (χ0n) is 13.7. The molecule has 0 heterocycles. The van der Waals surface area contributed by atoms with E-state index in [-0.39, 0.29) is 5.41 Å². The summed E-state index contributed by atoms with van der Waals surface area (Å²) in [6.07, 6.45) is 1.14. The lowest BCUT2D eigenvalue weighted by molar-refractivity contribution is 0.394. The second-order valence-corrected chi connectivity index (χ2v) is 6.49. The van der Waals surface area contributed by atoms with Crippen LogP contribution in [0.5, 0.6) is 0 Å². The summed E-state index contributed by atoms with van der Waals surface area (Å²) in [5, 5.41) is 3.51. The van der Waals surface area contributed by atoms with Gasteiger partial charge < -0.3 is 5.32 Å². The maximum atomic E-state index is 3.51. The van der Waals surface area contributed by atoms with E-state index in [0.717, 1.165) is 13.0 Å². The molecule has 0 fully saturated rings. The van der Waals surface area contributed by atoms with Crippen molar-refractivity contribution in [3.05, 3.63) is 60.2 Å². The highest BCUT2D eigenvalue weighted by molar-refractivity contribution is 5.63. The summed E-state index contributed by atoms with van der Waals surface area (Å²) in [5.41, 5.74) is 4.17. The maximum Gasteiger partial charge on any atom is 0.00468 e. The first kappa shape index (κ1) is 15.8. The van der Waals surface area contributed by atoms with Gasteiger partial charge in [-0.3, -0.25) is 0 Å². The van der Waals surface area contributed by atoms with E-state index in [9.17, 15) is 0 Å². The molecule has 0 aliphatic carbocycles. The van der Waals surface area contributed by atoms with Crippen molar-refractivity contribution in [1.82, 2.24) is 5.32 Å². The van der Waals surface area contributed by atoms with Gasteiger partial charge in [-0.25, -0.2) is 0 Å². The molecule has 1 unspecified atom stereocenters. The second-order valence-electron chi connectivity index (χ2n) is 6.49. The number of nitrogens with one attached hydrogen (secondary N) is 1. The molecule has 112 valence electrons. The molecule has 1 N–H and O–H groups in total. The Kier molecular flexibility index (Phi) is 5.19. The highest BCUT2D eigenvalue weighted by atomic mass is 14.9. The molecule has 2 aromatic rings. The topological polar surface area (TPSA) is 12.0 Å². The Morgan fingerprint density at radius 2 is 1.48 bits per heavy atom. The fraction of sp³-hybridized carbons (Fsp3) is 0.400. The standard InChI is InChI=1S/C20H27N/c1-5-21-16(2)15-20(3,4)19-13-11-18(12-14-19)17-9-7-6-8-10-17/h6-14,16,21H,5,15H2,1-4H3. The Bertz CT molecular complexity index is 540. The number of benzene rings is 2. The van der Waals surface area contributed by atoms with Gasteiger partial charge in [-0.15, -0.1) is 0 Å². The van der Waals surface area contributed by atoms with Crippen LogP contribution in [0.3, 0.4) is 0 Å². The van der Waals surface area contributed by atoms with Gasteiger partial charge in [0, 0.05) is 6.04 Å². The van der Waals surface area contributed by atoms with Crippen LogP contribution in [0, 0.1) is 0 Å². The lowest BCUT2D eigenvalue weighted by atomic mass is 9.79. The van der Waals surface area contributed by atoms with Gasteiger partial charge >= 0.3 is 0 Å². The van der Waals surface area contributed by atoms with Gasteiger partial charge in [-0.1, -0.05) is 75.4 Å². The molecule has 0 aromatic heterocycles. The van der Waals surface area contributed by atoms with Gasteiger partial charge in [-0.05, 0) is 42.0 Å². The Hall–Kier alpha value is -1.60. The van der Waals surface area contributed by atoms with Crippen LogP contribution in [0.15, 0.2) is 54.6 Å². The smallest absolute Gasteiger partial charge is 0.00468 e. The van der Waals surface area contributed by atoms with Crippen molar-refractivity contribution in [2.75, 3.05) is 6.54 Å². The molecule has 21 heavy (non-hydrogen) atoms. The summed E-state index contributed by atoms with van der Waals surface area (Å²) in [7, 11) is 0. The molecule has 2 aromatic carbocycles. The Balaban J connectivity index is 2.14. The molecule has 0 amide bonds. The van der Waals surface area contributed by atoms with Gasteiger partial charge in [0.2, 0.25) is 0 Å². The average molecular weight is 281 g/mol. The lowest BCUT2D eigenvalue weighted by Gasteiger charge is -2.29. The third-order valence-corrected chi connectivity index (χ3v) is 4.14. The Morgan fingerprint density at radius 3 is 2.05 bits per heavy atom. The van der Waals surface area contributed by atoms with Crippen molar-refractivity contribution in [3.63, 3.8) is 0 Å². The third-order valence-electron chi connectivity index (χ3n) is 4.14. The van der Waals surface area contributed by atoms with E-state index in [4.69, 9.17) is 0 Å². The molecular weight excluding hydrogens is 254 g/mol. The van der Waals surface area contributed by atoms with Gasteiger partial charge in [-0.2, -0.15) is 0 Å². The minimum Gasteiger partial charge on any atom is -0.315 e. The fourth-order valence-electron chi connectivity index (χ4n) is 3.05. The molecule has 0 aliphatic heterocycles. The molecule has 0 aliphatic rings. The van der Waals surface area contributed by atoms with Crippen LogP contribution >= 0.6 is 0 Å². The first-order valence-electron chi connectivity index (χ1n) is 7.92. The summed E-state index contributed by atoms with van der Waals surface area (Å²) in [4.78, 5) is 0. The van der Waals surface area contributed by atoms with Crippen molar-refractivity contribution in [3.8, 4) is 11.1 Å². The molecule has 1 heteroatoms.